The smallest absolute Gasteiger partial charge is 0.173 e. The van der Waals surface area contributed by atoms with E-state index in [4.69, 9.17) is 4.74 Å². The van der Waals surface area contributed by atoms with Gasteiger partial charge in [-0.15, -0.1) is 0 Å². The molecule has 0 atom stereocenters. The van der Waals surface area contributed by atoms with Crippen LogP contribution in [-0.4, -0.2) is 38.4 Å². The maximum atomic E-state index is 12.5. The maximum absolute atomic E-state index is 12.5. The topological polar surface area (TPSA) is 69.9 Å². The summed E-state index contributed by atoms with van der Waals surface area (Å²) in [5.74, 6) is 1.05. The predicted octanol–water partition coefficient (Wildman–Crippen LogP) is 4.11. The number of ether oxygens (including phenoxy) is 1. The minimum atomic E-state index is 0.0327. The van der Waals surface area contributed by atoms with Crippen LogP contribution in [0.5, 0.6) is 5.75 Å². The summed E-state index contributed by atoms with van der Waals surface area (Å²) in [6.07, 6.45) is 3.25. The molecule has 4 aromatic rings. The van der Waals surface area contributed by atoms with Gasteiger partial charge in [0, 0.05) is 5.56 Å². The highest BCUT2D eigenvalue weighted by atomic mass is 32.2. The van der Waals surface area contributed by atoms with Crippen LogP contribution in [0.4, 0.5) is 0 Å². The van der Waals surface area contributed by atoms with Crippen LogP contribution in [0.15, 0.2) is 66.1 Å². The number of Topliss-reactive ketones (excluding diaryl/α,β-unsaturated/α-hetero) is 1. The second kappa shape index (κ2) is 7.82. The zero-order valence-corrected chi connectivity index (χ0v) is 16.3. The fourth-order valence-electron chi connectivity index (χ4n) is 2.81. The summed E-state index contributed by atoms with van der Waals surface area (Å²) in [6.45, 7) is 2.04. The largest absolute Gasteiger partial charge is 0.497 e. The highest BCUT2D eigenvalue weighted by Crippen LogP contribution is 2.26. The van der Waals surface area contributed by atoms with Crippen molar-refractivity contribution in [1.29, 1.82) is 0 Å². The molecule has 4 rings (SSSR count). The van der Waals surface area contributed by atoms with Crippen LogP contribution >= 0.6 is 11.8 Å². The molecule has 0 fully saturated rings. The molecule has 0 saturated carbocycles. The second-order valence-corrected chi connectivity index (χ2v) is 7.21. The molecule has 0 unspecified atom stereocenters. The van der Waals surface area contributed by atoms with Gasteiger partial charge in [-0.25, -0.2) is 14.6 Å². The molecule has 0 amide bonds. The number of nitrogens with zero attached hydrogens (tertiary/aromatic N) is 4. The molecule has 0 aliphatic heterocycles. The Morgan fingerprint density at radius 1 is 1.07 bits per heavy atom. The maximum Gasteiger partial charge on any atom is 0.173 e. The summed E-state index contributed by atoms with van der Waals surface area (Å²) in [4.78, 5) is 21.2. The van der Waals surface area contributed by atoms with Crippen LogP contribution in [0.2, 0.25) is 0 Å². The Balaban J connectivity index is 1.56. The minimum Gasteiger partial charge on any atom is -0.497 e. The Labute approximate surface area is 166 Å². The molecular formula is C21H18N4O2S. The van der Waals surface area contributed by atoms with Crippen LogP contribution in [0.3, 0.4) is 0 Å². The number of aryl methyl sites for hydroxylation is 1. The van der Waals surface area contributed by atoms with Gasteiger partial charge in [0.25, 0.3) is 0 Å². The fourth-order valence-corrected chi connectivity index (χ4v) is 3.66. The van der Waals surface area contributed by atoms with E-state index in [1.54, 1.807) is 42.3 Å². The van der Waals surface area contributed by atoms with Crippen molar-refractivity contribution in [2.75, 3.05) is 12.9 Å². The lowest BCUT2D eigenvalue weighted by Crippen LogP contribution is -2.03. The van der Waals surface area contributed by atoms with Crippen molar-refractivity contribution >= 4 is 28.6 Å². The SMILES string of the molecule is COc1ccc(C(=O)CSc2ncnc3c2cnn3-c2ccc(C)cc2)cc1. The van der Waals surface area contributed by atoms with E-state index in [1.807, 2.05) is 31.2 Å². The van der Waals surface area contributed by atoms with Crippen molar-refractivity contribution in [3.8, 4) is 11.4 Å². The third kappa shape index (κ3) is 3.61. The van der Waals surface area contributed by atoms with Gasteiger partial charge in [0.1, 0.15) is 17.1 Å². The van der Waals surface area contributed by atoms with Gasteiger partial charge in [-0.05, 0) is 43.3 Å². The minimum absolute atomic E-state index is 0.0327. The van der Waals surface area contributed by atoms with Crippen molar-refractivity contribution in [2.24, 2.45) is 0 Å². The number of methoxy groups -OCH3 is 1. The number of carbonyl (C=O) groups excluding carboxylic acids is 1. The molecule has 2 aromatic carbocycles. The molecule has 0 aliphatic carbocycles. The Morgan fingerprint density at radius 3 is 2.54 bits per heavy atom. The standard InChI is InChI=1S/C21H18N4O2S/c1-14-3-7-16(8-4-14)25-20-18(11-24-25)21(23-13-22-20)28-12-19(26)15-5-9-17(27-2)10-6-15/h3-11,13H,12H2,1-2H3. The van der Waals surface area contributed by atoms with Crippen molar-refractivity contribution in [3.63, 3.8) is 0 Å². The van der Waals surface area contributed by atoms with E-state index in [-0.39, 0.29) is 11.5 Å². The highest BCUT2D eigenvalue weighted by molar-refractivity contribution is 8.00. The first-order valence-corrected chi connectivity index (χ1v) is 9.70. The normalized spacial score (nSPS) is 10.9. The molecule has 6 nitrogen and oxygen atoms in total. The Hall–Kier alpha value is -3.19. The Kier molecular flexibility index (Phi) is 5.08. The molecular weight excluding hydrogens is 372 g/mol. The van der Waals surface area contributed by atoms with E-state index < -0.39 is 0 Å². The highest BCUT2D eigenvalue weighted by Gasteiger charge is 2.14. The van der Waals surface area contributed by atoms with E-state index in [0.717, 1.165) is 27.5 Å². The molecule has 7 heteroatoms. The van der Waals surface area contributed by atoms with Crippen LogP contribution in [0.25, 0.3) is 16.7 Å². The zero-order chi connectivity index (χ0) is 19.5. The van der Waals surface area contributed by atoms with Crippen LogP contribution in [-0.2, 0) is 0 Å². The second-order valence-electron chi connectivity index (χ2n) is 6.25. The van der Waals surface area contributed by atoms with E-state index in [1.165, 1.54) is 23.7 Å². The first-order valence-electron chi connectivity index (χ1n) is 8.71. The molecule has 2 heterocycles. The average molecular weight is 390 g/mol. The quantitative estimate of drug-likeness (QED) is 0.280. The van der Waals surface area contributed by atoms with Crippen molar-refractivity contribution in [2.45, 2.75) is 11.9 Å². The summed E-state index contributed by atoms with van der Waals surface area (Å²) in [5, 5.41) is 6.03. The summed E-state index contributed by atoms with van der Waals surface area (Å²) >= 11 is 1.39. The number of thioether (sulfide) groups is 1. The lowest BCUT2D eigenvalue weighted by molar-refractivity contribution is 0.102. The van der Waals surface area contributed by atoms with Gasteiger partial charge >= 0.3 is 0 Å². The van der Waals surface area contributed by atoms with Crippen LogP contribution in [0, 0.1) is 6.92 Å². The van der Waals surface area contributed by atoms with Crippen molar-refractivity contribution in [1.82, 2.24) is 19.7 Å². The summed E-state index contributed by atoms with van der Waals surface area (Å²) in [7, 11) is 1.60. The lowest BCUT2D eigenvalue weighted by atomic mass is 10.1. The number of hydrogen-bond donors (Lipinski definition) is 0. The Morgan fingerprint density at radius 2 is 1.82 bits per heavy atom. The molecule has 140 valence electrons. The number of rotatable bonds is 6. The first kappa shape index (κ1) is 18.2. The third-order valence-corrected chi connectivity index (χ3v) is 5.37. The van der Waals surface area contributed by atoms with E-state index in [0.29, 0.717) is 5.56 Å². The number of hydrogen-bond acceptors (Lipinski definition) is 6. The molecule has 0 aliphatic rings. The van der Waals surface area contributed by atoms with Crippen LogP contribution in [0.1, 0.15) is 15.9 Å². The lowest BCUT2D eigenvalue weighted by Gasteiger charge is -2.05. The molecule has 0 N–H and O–H groups in total. The predicted molar refractivity (Wildman–Crippen MR) is 109 cm³/mol. The van der Waals surface area contributed by atoms with Gasteiger partial charge in [-0.1, -0.05) is 29.5 Å². The van der Waals surface area contributed by atoms with Gasteiger partial charge in [0.15, 0.2) is 11.4 Å². The van der Waals surface area contributed by atoms with Gasteiger partial charge in [0.05, 0.1) is 30.1 Å². The fraction of sp³-hybridized carbons (Fsp3) is 0.143. The molecule has 2 aromatic heterocycles. The summed E-state index contributed by atoms with van der Waals surface area (Å²) < 4.78 is 6.91. The third-order valence-electron chi connectivity index (χ3n) is 4.36. The van der Waals surface area contributed by atoms with E-state index in [9.17, 15) is 4.79 Å². The zero-order valence-electron chi connectivity index (χ0n) is 15.5. The number of fused-ring (bicyclic) bond motifs is 1. The molecule has 0 saturated heterocycles. The monoisotopic (exact) mass is 390 g/mol. The van der Waals surface area contributed by atoms with Gasteiger partial charge < -0.3 is 4.74 Å². The molecule has 0 spiro atoms. The number of ketones is 1. The molecule has 28 heavy (non-hydrogen) atoms. The van der Waals surface area contributed by atoms with Crippen molar-refractivity contribution in [3.05, 3.63) is 72.2 Å². The number of aromatic nitrogens is 4. The van der Waals surface area contributed by atoms with E-state index >= 15 is 0 Å². The van der Waals surface area contributed by atoms with Gasteiger partial charge in [-0.2, -0.15) is 5.10 Å². The van der Waals surface area contributed by atoms with Crippen LogP contribution < -0.4 is 4.74 Å². The number of carbonyl (C=O) groups is 1. The average Bonchev–Trinajstić information content (AvgIpc) is 3.17. The molecule has 0 bridgehead atoms. The van der Waals surface area contributed by atoms with Crippen molar-refractivity contribution < 1.29 is 9.53 Å². The van der Waals surface area contributed by atoms with Gasteiger partial charge in [0.2, 0.25) is 0 Å². The van der Waals surface area contributed by atoms with E-state index in [2.05, 4.69) is 15.1 Å². The summed E-state index contributed by atoms with van der Waals surface area (Å²) in [6, 6.07) is 15.2. The Bertz CT molecular complexity index is 1120. The first-order chi connectivity index (χ1) is 13.7. The summed E-state index contributed by atoms with van der Waals surface area (Å²) in [5.41, 5.74) is 3.49. The van der Waals surface area contributed by atoms with Gasteiger partial charge in [-0.3, -0.25) is 4.79 Å². The number of benzene rings is 2. The molecule has 0 radical (unpaired) electrons.